The van der Waals surface area contributed by atoms with Gasteiger partial charge >= 0.3 is 0 Å². The van der Waals surface area contributed by atoms with Gasteiger partial charge in [-0.3, -0.25) is 0 Å². The fourth-order valence-electron chi connectivity index (χ4n) is 0.518. The SMILES string of the molecule is [B]c1ccc(C)c(F)n1. The smallest absolute Gasteiger partial charge is 0.215 e. The molecule has 9 heavy (non-hydrogen) atoms. The first-order chi connectivity index (χ1) is 4.20. The standard InChI is InChI=1S/C6H5BFN/c1-4-2-3-5(7)9-6(4)8/h2-3H,1H3. The number of rotatable bonds is 0. The van der Waals surface area contributed by atoms with E-state index in [1.165, 1.54) is 0 Å². The maximum absolute atomic E-state index is 12.4. The number of pyridine rings is 1. The van der Waals surface area contributed by atoms with Crippen molar-refractivity contribution >= 4 is 13.4 Å². The van der Waals surface area contributed by atoms with Gasteiger partial charge in [0.05, 0.1) is 0 Å². The highest BCUT2D eigenvalue weighted by atomic mass is 19.1. The number of halogens is 1. The Morgan fingerprint density at radius 1 is 1.56 bits per heavy atom. The summed E-state index contributed by atoms with van der Waals surface area (Å²) >= 11 is 0. The quantitative estimate of drug-likeness (QED) is 0.355. The molecule has 0 aliphatic rings. The van der Waals surface area contributed by atoms with Crippen molar-refractivity contribution in [3.8, 4) is 0 Å². The largest absolute Gasteiger partial charge is 0.236 e. The highest BCUT2D eigenvalue weighted by molar-refractivity contribution is 6.30. The predicted molar refractivity (Wildman–Crippen MR) is 34.3 cm³/mol. The molecule has 0 N–H and O–H groups in total. The van der Waals surface area contributed by atoms with Crippen molar-refractivity contribution in [1.29, 1.82) is 0 Å². The molecule has 0 atom stereocenters. The summed E-state index contributed by atoms with van der Waals surface area (Å²) in [7, 11) is 5.18. The lowest BCUT2D eigenvalue weighted by Crippen LogP contribution is -2.09. The van der Waals surface area contributed by atoms with Crippen LogP contribution in [0.5, 0.6) is 0 Å². The summed E-state index contributed by atoms with van der Waals surface area (Å²) < 4.78 is 12.4. The van der Waals surface area contributed by atoms with Gasteiger partial charge in [-0.2, -0.15) is 4.39 Å². The minimum absolute atomic E-state index is 0.220. The number of aryl methyl sites for hydroxylation is 1. The Balaban J connectivity index is 3.17. The average Bonchev–Trinajstić information content (AvgIpc) is 1.80. The van der Waals surface area contributed by atoms with E-state index in [0.29, 0.717) is 5.56 Å². The van der Waals surface area contributed by atoms with Gasteiger partial charge in [0.1, 0.15) is 7.85 Å². The summed E-state index contributed by atoms with van der Waals surface area (Å²) in [5.41, 5.74) is 0.738. The summed E-state index contributed by atoms with van der Waals surface area (Å²) in [5, 5.41) is 0. The molecule has 0 aromatic carbocycles. The molecule has 0 saturated heterocycles. The van der Waals surface area contributed by atoms with Crippen LogP contribution in [0.3, 0.4) is 0 Å². The third-order valence-corrected chi connectivity index (χ3v) is 1.06. The number of nitrogens with zero attached hydrogens (tertiary/aromatic N) is 1. The fourth-order valence-corrected chi connectivity index (χ4v) is 0.518. The maximum Gasteiger partial charge on any atom is 0.215 e. The molecule has 1 aromatic rings. The summed E-state index contributed by atoms with van der Waals surface area (Å²) in [6, 6.07) is 3.16. The zero-order valence-corrected chi connectivity index (χ0v) is 5.06. The molecule has 3 heteroatoms. The molecule has 1 aromatic heterocycles. The molecule has 1 nitrogen and oxygen atoms in total. The van der Waals surface area contributed by atoms with Crippen molar-refractivity contribution < 1.29 is 4.39 Å². The van der Waals surface area contributed by atoms with Crippen molar-refractivity contribution in [2.75, 3.05) is 0 Å². The first-order valence-electron chi connectivity index (χ1n) is 2.59. The van der Waals surface area contributed by atoms with Crippen LogP contribution in [0.15, 0.2) is 12.1 Å². The van der Waals surface area contributed by atoms with Gasteiger partial charge < -0.3 is 0 Å². The molecule has 1 heterocycles. The Labute approximate surface area is 54.3 Å². The molecule has 0 aliphatic carbocycles. The fraction of sp³-hybridized carbons (Fsp3) is 0.167. The normalized spacial score (nSPS) is 9.56. The first-order valence-corrected chi connectivity index (χ1v) is 2.59. The van der Waals surface area contributed by atoms with Gasteiger partial charge in [0, 0.05) is 5.56 Å². The molecule has 44 valence electrons. The summed E-state index contributed by atoms with van der Waals surface area (Å²) in [5.74, 6) is -0.491. The minimum atomic E-state index is -0.491. The molecule has 0 unspecified atom stereocenters. The Morgan fingerprint density at radius 3 is 2.67 bits per heavy atom. The second kappa shape index (κ2) is 2.17. The van der Waals surface area contributed by atoms with E-state index in [0.717, 1.165) is 0 Å². The summed E-state index contributed by atoms with van der Waals surface area (Å²) in [4.78, 5) is 3.38. The number of hydrogen-bond acceptors (Lipinski definition) is 1. The van der Waals surface area contributed by atoms with Crippen LogP contribution in [-0.4, -0.2) is 12.8 Å². The molecular formula is C6H5BFN. The van der Waals surface area contributed by atoms with E-state index in [2.05, 4.69) is 4.98 Å². The van der Waals surface area contributed by atoms with Crippen LogP contribution < -0.4 is 5.59 Å². The third kappa shape index (κ3) is 1.28. The van der Waals surface area contributed by atoms with Crippen molar-refractivity contribution in [3.05, 3.63) is 23.6 Å². The Morgan fingerprint density at radius 2 is 2.22 bits per heavy atom. The van der Waals surface area contributed by atoms with E-state index in [1.54, 1.807) is 19.1 Å². The van der Waals surface area contributed by atoms with E-state index in [4.69, 9.17) is 7.85 Å². The van der Waals surface area contributed by atoms with Gasteiger partial charge in [-0.05, 0) is 12.5 Å². The van der Waals surface area contributed by atoms with Crippen molar-refractivity contribution in [1.82, 2.24) is 4.98 Å². The summed E-state index contributed by atoms with van der Waals surface area (Å²) in [6.07, 6.45) is 0. The zero-order valence-electron chi connectivity index (χ0n) is 5.06. The van der Waals surface area contributed by atoms with E-state index in [-0.39, 0.29) is 5.59 Å². The number of aromatic nitrogens is 1. The summed E-state index contributed by atoms with van der Waals surface area (Å²) in [6.45, 7) is 1.64. The van der Waals surface area contributed by atoms with Crippen molar-refractivity contribution in [2.45, 2.75) is 6.92 Å². The van der Waals surface area contributed by atoms with E-state index < -0.39 is 5.95 Å². The van der Waals surface area contributed by atoms with Crippen molar-refractivity contribution in [3.63, 3.8) is 0 Å². The molecule has 0 spiro atoms. The van der Waals surface area contributed by atoms with Gasteiger partial charge in [-0.25, -0.2) is 4.98 Å². The Kier molecular flexibility index (Phi) is 1.51. The average molecular weight is 121 g/mol. The molecule has 0 fully saturated rings. The van der Waals surface area contributed by atoms with E-state index in [1.807, 2.05) is 0 Å². The number of hydrogen-bond donors (Lipinski definition) is 0. The van der Waals surface area contributed by atoms with Crippen molar-refractivity contribution in [2.24, 2.45) is 0 Å². The van der Waals surface area contributed by atoms with Crippen LogP contribution in [0.1, 0.15) is 5.56 Å². The van der Waals surface area contributed by atoms with Gasteiger partial charge in [-0.1, -0.05) is 12.1 Å². The van der Waals surface area contributed by atoms with Crippen LogP contribution in [0, 0.1) is 12.9 Å². The highest BCUT2D eigenvalue weighted by Crippen LogP contribution is 1.96. The van der Waals surface area contributed by atoms with Gasteiger partial charge in [0.15, 0.2) is 0 Å². The molecule has 1 rings (SSSR count). The van der Waals surface area contributed by atoms with E-state index >= 15 is 0 Å². The topological polar surface area (TPSA) is 12.9 Å². The Bertz CT molecular complexity index is 224. The van der Waals surface area contributed by atoms with Crippen LogP contribution in [-0.2, 0) is 0 Å². The van der Waals surface area contributed by atoms with Gasteiger partial charge in [0.2, 0.25) is 5.95 Å². The van der Waals surface area contributed by atoms with Crippen LogP contribution in [0.2, 0.25) is 0 Å². The van der Waals surface area contributed by atoms with Crippen LogP contribution in [0.4, 0.5) is 4.39 Å². The molecule has 0 saturated carbocycles. The lowest BCUT2D eigenvalue weighted by Gasteiger charge is -1.94. The Hall–Kier alpha value is -0.855. The predicted octanol–water partition coefficient (Wildman–Crippen LogP) is 0.323. The molecular weight excluding hydrogens is 116 g/mol. The van der Waals surface area contributed by atoms with Gasteiger partial charge in [0.25, 0.3) is 0 Å². The zero-order chi connectivity index (χ0) is 6.85. The second-order valence-corrected chi connectivity index (χ2v) is 1.84. The minimum Gasteiger partial charge on any atom is -0.236 e. The highest BCUT2D eigenvalue weighted by Gasteiger charge is 1.94. The third-order valence-electron chi connectivity index (χ3n) is 1.06. The van der Waals surface area contributed by atoms with Gasteiger partial charge in [-0.15, -0.1) is 0 Å². The van der Waals surface area contributed by atoms with Crippen LogP contribution >= 0.6 is 0 Å². The maximum atomic E-state index is 12.4. The lowest BCUT2D eigenvalue weighted by atomic mass is 10.0. The monoisotopic (exact) mass is 121 g/mol. The first kappa shape index (κ1) is 6.27. The lowest BCUT2D eigenvalue weighted by molar-refractivity contribution is 0.578. The second-order valence-electron chi connectivity index (χ2n) is 1.84. The van der Waals surface area contributed by atoms with Crippen LogP contribution in [0.25, 0.3) is 0 Å². The molecule has 0 bridgehead atoms. The molecule has 2 radical (unpaired) electrons. The molecule has 0 amide bonds. The van der Waals surface area contributed by atoms with E-state index in [9.17, 15) is 4.39 Å². The molecule has 0 aliphatic heterocycles.